The summed E-state index contributed by atoms with van der Waals surface area (Å²) in [5.41, 5.74) is 6.41. The number of amides is 1. The lowest BCUT2D eigenvalue weighted by Gasteiger charge is -2.11. The predicted octanol–water partition coefficient (Wildman–Crippen LogP) is 1.08. The van der Waals surface area contributed by atoms with Crippen molar-refractivity contribution in [1.29, 1.82) is 0 Å². The number of nitrogen functional groups attached to an aromatic ring is 1. The van der Waals surface area contributed by atoms with Crippen LogP contribution in [0.5, 0.6) is 5.75 Å². The minimum absolute atomic E-state index is 0.129. The Balaban J connectivity index is 2.16. The van der Waals surface area contributed by atoms with Crippen molar-refractivity contribution in [1.82, 2.24) is 9.55 Å². The highest BCUT2D eigenvalue weighted by molar-refractivity contribution is 14.1. The maximum absolute atomic E-state index is 12.0. The van der Waals surface area contributed by atoms with Crippen LogP contribution in [0, 0.1) is 3.57 Å². The third kappa shape index (κ3) is 3.72. The Morgan fingerprint density at radius 2 is 2.29 bits per heavy atom. The van der Waals surface area contributed by atoms with Gasteiger partial charge in [-0.3, -0.25) is 14.2 Å². The largest absolute Gasteiger partial charge is 0.494 e. The van der Waals surface area contributed by atoms with Crippen molar-refractivity contribution in [3.05, 3.63) is 44.6 Å². The van der Waals surface area contributed by atoms with E-state index in [1.807, 2.05) is 22.6 Å². The molecular formula is C13H13IN4O3. The van der Waals surface area contributed by atoms with E-state index in [0.717, 1.165) is 0 Å². The summed E-state index contributed by atoms with van der Waals surface area (Å²) in [6.07, 6.45) is 2.77. The Morgan fingerprint density at radius 1 is 1.52 bits per heavy atom. The van der Waals surface area contributed by atoms with Gasteiger partial charge >= 0.3 is 0 Å². The van der Waals surface area contributed by atoms with Crippen LogP contribution in [0.2, 0.25) is 0 Å². The molecule has 0 fully saturated rings. The smallest absolute Gasteiger partial charge is 0.267 e. The number of ether oxygens (including phenoxy) is 1. The van der Waals surface area contributed by atoms with Crippen LogP contribution < -0.4 is 21.3 Å². The summed E-state index contributed by atoms with van der Waals surface area (Å²) in [4.78, 5) is 27.7. The molecule has 1 aromatic heterocycles. The summed E-state index contributed by atoms with van der Waals surface area (Å²) in [5.74, 6) is 0.0976. The van der Waals surface area contributed by atoms with Crippen LogP contribution in [0.15, 0.2) is 35.5 Å². The SMILES string of the molecule is COc1cc(N)ccc1NC(=O)Cn1cncc(I)c1=O. The van der Waals surface area contributed by atoms with E-state index in [4.69, 9.17) is 10.5 Å². The molecule has 1 heterocycles. The fourth-order valence-corrected chi connectivity index (χ4v) is 2.16. The molecule has 0 atom stereocenters. The predicted molar refractivity (Wildman–Crippen MR) is 87.3 cm³/mol. The zero-order chi connectivity index (χ0) is 15.4. The number of rotatable bonds is 4. The number of halogens is 1. The number of carbonyl (C=O) groups is 1. The summed E-state index contributed by atoms with van der Waals surface area (Å²) in [7, 11) is 1.48. The summed E-state index contributed by atoms with van der Waals surface area (Å²) < 4.78 is 6.83. The van der Waals surface area contributed by atoms with Gasteiger partial charge in [0.15, 0.2) is 0 Å². The standard InChI is InChI=1S/C13H13IN4O3/c1-21-11-4-8(15)2-3-10(11)17-12(19)6-18-7-16-5-9(14)13(18)20/h2-5,7H,6,15H2,1H3,(H,17,19). The maximum atomic E-state index is 12.0. The highest BCUT2D eigenvalue weighted by atomic mass is 127. The minimum atomic E-state index is -0.357. The third-order valence-electron chi connectivity index (χ3n) is 2.67. The Morgan fingerprint density at radius 3 is 3.00 bits per heavy atom. The molecule has 0 spiro atoms. The molecule has 8 heteroatoms. The first kappa shape index (κ1) is 15.3. The molecule has 0 unspecified atom stereocenters. The van der Waals surface area contributed by atoms with E-state index in [2.05, 4.69) is 10.3 Å². The molecule has 110 valence electrons. The van der Waals surface area contributed by atoms with E-state index in [0.29, 0.717) is 20.7 Å². The van der Waals surface area contributed by atoms with Crippen LogP contribution in [-0.2, 0) is 11.3 Å². The number of nitrogens with one attached hydrogen (secondary N) is 1. The molecule has 0 aliphatic heterocycles. The molecule has 2 rings (SSSR count). The molecule has 0 aliphatic carbocycles. The molecule has 1 aromatic carbocycles. The van der Waals surface area contributed by atoms with Crippen LogP contribution in [0.3, 0.4) is 0 Å². The zero-order valence-electron chi connectivity index (χ0n) is 11.2. The Bertz CT molecular complexity index is 730. The quantitative estimate of drug-likeness (QED) is 0.591. The summed E-state index contributed by atoms with van der Waals surface area (Å²) in [6, 6.07) is 4.90. The van der Waals surface area contributed by atoms with Gasteiger partial charge in [-0.1, -0.05) is 0 Å². The molecule has 7 nitrogen and oxygen atoms in total. The molecule has 2 aromatic rings. The Hall–Kier alpha value is -2.10. The molecule has 21 heavy (non-hydrogen) atoms. The minimum Gasteiger partial charge on any atom is -0.494 e. The molecule has 0 radical (unpaired) electrons. The number of benzene rings is 1. The van der Waals surface area contributed by atoms with Crippen molar-refractivity contribution in [2.75, 3.05) is 18.2 Å². The van der Waals surface area contributed by atoms with E-state index >= 15 is 0 Å². The van der Waals surface area contributed by atoms with Gasteiger partial charge in [0.05, 0.1) is 22.7 Å². The number of aromatic nitrogens is 2. The Kier molecular flexibility index (Phi) is 4.78. The second-order valence-corrected chi connectivity index (χ2v) is 5.34. The van der Waals surface area contributed by atoms with Gasteiger partial charge in [-0.15, -0.1) is 0 Å². The number of nitrogens with zero attached hydrogens (tertiary/aromatic N) is 2. The van der Waals surface area contributed by atoms with Crippen LogP contribution in [0.25, 0.3) is 0 Å². The first-order valence-corrected chi connectivity index (χ1v) is 7.02. The molecule has 0 saturated heterocycles. The van der Waals surface area contributed by atoms with Gasteiger partial charge in [0, 0.05) is 18.0 Å². The lowest BCUT2D eigenvalue weighted by Crippen LogP contribution is -2.29. The average molecular weight is 400 g/mol. The van der Waals surface area contributed by atoms with Crippen LogP contribution in [0.4, 0.5) is 11.4 Å². The summed E-state index contributed by atoms with van der Waals surface area (Å²) >= 11 is 1.87. The third-order valence-corrected chi connectivity index (χ3v) is 3.41. The molecular weight excluding hydrogens is 387 g/mol. The van der Waals surface area contributed by atoms with E-state index in [-0.39, 0.29) is 18.0 Å². The monoisotopic (exact) mass is 400 g/mol. The van der Waals surface area contributed by atoms with Crippen LogP contribution >= 0.6 is 22.6 Å². The first-order valence-electron chi connectivity index (χ1n) is 5.94. The van der Waals surface area contributed by atoms with Gasteiger partial charge in [0.25, 0.3) is 5.56 Å². The van der Waals surface area contributed by atoms with E-state index < -0.39 is 0 Å². The van der Waals surface area contributed by atoms with Gasteiger partial charge < -0.3 is 15.8 Å². The van der Waals surface area contributed by atoms with Gasteiger partial charge in [-0.2, -0.15) is 0 Å². The number of nitrogens with two attached hydrogens (primary N) is 1. The number of anilines is 2. The van der Waals surface area contributed by atoms with E-state index in [1.165, 1.54) is 24.2 Å². The van der Waals surface area contributed by atoms with Crippen molar-refractivity contribution in [3.63, 3.8) is 0 Å². The maximum Gasteiger partial charge on any atom is 0.267 e. The first-order chi connectivity index (χ1) is 10.0. The van der Waals surface area contributed by atoms with Gasteiger partial charge in [-0.05, 0) is 34.7 Å². The molecule has 0 bridgehead atoms. The fraction of sp³-hybridized carbons (Fsp3) is 0.154. The Labute approximate surface area is 134 Å². The second-order valence-electron chi connectivity index (χ2n) is 4.18. The van der Waals surface area contributed by atoms with Gasteiger partial charge in [0.1, 0.15) is 12.3 Å². The van der Waals surface area contributed by atoms with E-state index in [9.17, 15) is 9.59 Å². The van der Waals surface area contributed by atoms with Crippen molar-refractivity contribution in [2.24, 2.45) is 0 Å². The van der Waals surface area contributed by atoms with Crippen LogP contribution in [-0.4, -0.2) is 22.6 Å². The lowest BCUT2D eigenvalue weighted by molar-refractivity contribution is -0.116. The molecule has 1 amide bonds. The second kappa shape index (κ2) is 6.57. The highest BCUT2D eigenvalue weighted by Crippen LogP contribution is 2.26. The average Bonchev–Trinajstić information content (AvgIpc) is 2.45. The molecule has 0 aliphatic rings. The van der Waals surface area contributed by atoms with Crippen molar-refractivity contribution < 1.29 is 9.53 Å². The van der Waals surface area contributed by atoms with Crippen molar-refractivity contribution >= 4 is 39.9 Å². The van der Waals surface area contributed by atoms with Crippen molar-refractivity contribution in [3.8, 4) is 5.75 Å². The van der Waals surface area contributed by atoms with Gasteiger partial charge in [0.2, 0.25) is 5.91 Å². The number of carbonyl (C=O) groups excluding carboxylic acids is 1. The normalized spacial score (nSPS) is 10.2. The number of methoxy groups -OCH3 is 1. The highest BCUT2D eigenvalue weighted by Gasteiger charge is 2.10. The van der Waals surface area contributed by atoms with E-state index in [1.54, 1.807) is 18.2 Å². The summed E-state index contributed by atoms with van der Waals surface area (Å²) in [6.45, 7) is -0.129. The van der Waals surface area contributed by atoms with Gasteiger partial charge in [-0.25, -0.2) is 4.98 Å². The van der Waals surface area contributed by atoms with Crippen LogP contribution in [0.1, 0.15) is 0 Å². The fourth-order valence-electron chi connectivity index (χ4n) is 1.69. The lowest BCUT2D eigenvalue weighted by atomic mass is 10.2. The number of hydrogen-bond acceptors (Lipinski definition) is 5. The number of hydrogen-bond donors (Lipinski definition) is 2. The molecule has 0 saturated carbocycles. The molecule has 3 N–H and O–H groups in total. The summed E-state index contributed by atoms with van der Waals surface area (Å²) in [5, 5.41) is 2.67. The van der Waals surface area contributed by atoms with Crippen molar-refractivity contribution in [2.45, 2.75) is 6.54 Å². The topological polar surface area (TPSA) is 99.2 Å². The zero-order valence-corrected chi connectivity index (χ0v) is 13.3.